The molecular formula is C6H15NO5. The lowest BCUT2D eigenvalue weighted by atomic mass is 10.1. The number of aliphatic hydroxyl groups is 5. The molecule has 0 bridgehead atoms. The molecule has 0 radical (unpaired) electrons. The van der Waals surface area contributed by atoms with Crippen LogP contribution in [-0.4, -0.2) is 56.7 Å². The highest BCUT2D eigenvalue weighted by Crippen LogP contribution is 2.04. The predicted molar refractivity (Wildman–Crippen MR) is 39.9 cm³/mol. The lowest BCUT2D eigenvalue weighted by Gasteiger charge is -2.22. The van der Waals surface area contributed by atoms with Crippen molar-refractivity contribution < 1.29 is 25.5 Å². The minimum Gasteiger partial charge on any atom is -0.394 e. The van der Waals surface area contributed by atoms with E-state index in [-0.39, 0.29) is 6.42 Å². The molecule has 0 rings (SSSR count). The highest BCUT2D eigenvalue weighted by Gasteiger charge is 2.24. The fraction of sp³-hybridized carbons (Fsp3) is 1.00. The first-order valence-electron chi connectivity index (χ1n) is 3.57. The van der Waals surface area contributed by atoms with E-state index in [1.807, 2.05) is 0 Å². The fourth-order valence-corrected chi connectivity index (χ4v) is 0.751. The second-order valence-electron chi connectivity index (χ2n) is 2.61. The number of hydrogen-bond acceptors (Lipinski definition) is 6. The Hall–Kier alpha value is -0.240. The minimum atomic E-state index is -1.49. The Morgan fingerprint density at radius 3 is 1.83 bits per heavy atom. The summed E-state index contributed by atoms with van der Waals surface area (Å²) in [6.45, 7) is -0.654. The van der Waals surface area contributed by atoms with Crippen molar-refractivity contribution in [2.45, 2.75) is 31.0 Å². The third-order valence-electron chi connectivity index (χ3n) is 1.46. The average molecular weight is 181 g/mol. The van der Waals surface area contributed by atoms with Crippen LogP contribution in [0.25, 0.3) is 0 Å². The second-order valence-corrected chi connectivity index (χ2v) is 2.61. The molecule has 6 heteroatoms. The van der Waals surface area contributed by atoms with Crippen molar-refractivity contribution in [3.63, 3.8) is 0 Å². The summed E-state index contributed by atoms with van der Waals surface area (Å²) in [5.74, 6) is 0. The molecule has 0 aliphatic carbocycles. The summed E-state index contributed by atoms with van der Waals surface area (Å²) in [5, 5.41) is 43.8. The smallest absolute Gasteiger partial charge is 0.108 e. The van der Waals surface area contributed by atoms with Crippen LogP contribution < -0.4 is 5.73 Å². The van der Waals surface area contributed by atoms with Crippen LogP contribution in [0, 0.1) is 0 Å². The first kappa shape index (κ1) is 11.8. The van der Waals surface area contributed by atoms with E-state index >= 15 is 0 Å². The standard InChI is InChI=1S/C6H15NO5/c7-5(11)1-3(9)6(12)4(10)2-8/h3-6,8-12H,1-2,7H2. The van der Waals surface area contributed by atoms with Crippen LogP contribution in [0.5, 0.6) is 0 Å². The van der Waals surface area contributed by atoms with Gasteiger partial charge in [-0.3, -0.25) is 0 Å². The van der Waals surface area contributed by atoms with Gasteiger partial charge in [-0.25, -0.2) is 0 Å². The lowest BCUT2D eigenvalue weighted by molar-refractivity contribution is -0.0872. The van der Waals surface area contributed by atoms with Crippen LogP contribution in [-0.2, 0) is 0 Å². The molecule has 0 aromatic heterocycles. The Labute approximate surface area is 69.9 Å². The Morgan fingerprint density at radius 2 is 1.50 bits per heavy atom. The maximum Gasteiger partial charge on any atom is 0.108 e. The maximum atomic E-state index is 9.03. The summed E-state index contributed by atoms with van der Waals surface area (Å²) in [5.41, 5.74) is 4.91. The fourth-order valence-electron chi connectivity index (χ4n) is 0.751. The molecule has 0 saturated heterocycles. The predicted octanol–water partition coefficient (Wildman–Crippen LogP) is -3.27. The van der Waals surface area contributed by atoms with Gasteiger partial charge in [0, 0.05) is 6.42 Å². The SMILES string of the molecule is NC(O)CC(O)C(O)C(O)CO. The Kier molecular flexibility index (Phi) is 5.31. The molecule has 0 aromatic carbocycles. The molecule has 6 nitrogen and oxygen atoms in total. The monoisotopic (exact) mass is 181 g/mol. The zero-order chi connectivity index (χ0) is 9.72. The third kappa shape index (κ3) is 3.96. The van der Waals surface area contributed by atoms with Gasteiger partial charge in [-0.1, -0.05) is 0 Å². The van der Waals surface area contributed by atoms with E-state index < -0.39 is 31.1 Å². The number of rotatable bonds is 5. The van der Waals surface area contributed by atoms with Crippen LogP contribution in [0.3, 0.4) is 0 Å². The van der Waals surface area contributed by atoms with Crippen molar-refractivity contribution in [3.05, 3.63) is 0 Å². The third-order valence-corrected chi connectivity index (χ3v) is 1.46. The zero-order valence-electron chi connectivity index (χ0n) is 6.54. The highest BCUT2D eigenvalue weighted by molar-refractivity contribution is 4.75. The van der Waals surface area contributed by atoms with Gasteiger partial charge in [-0.15, -0.1) is 0 Å². The molecule has 4 unspecified atom stereocenters. The first-order chi connectivity index (χ1) is 5.49. The molecular weight excluding hydrogens is 166 g/mol. The van der Waals surface area contributed by atoms with Crippen molar-refractivity contribution in [2.75, 3.05) is 6.61 Å². The van der Waals surface area contributed by atoms with Crippen molar-refractivity contribution in [1.29, 1.82) is 0 Å². The molecule has 0 spiro atoms. The number of hydrogen-bond donors (Lipinski definition) is 6. The van der Waals surface area contributed by atoms with Crippen molar-refractivity contribution >= 4 is 0 Å². The van der Waals surface area contributed by atoms with Crippen LogP contribution >= 0.6 is 0 Å². The van der Waals surface area contributed by atoms with Gasteiger partial charge in [0.25, 0.3) is 0 Å². The summed E-state index contributed by atoms with van der Waals surface area (Å²) < 4.78 is 0. The molecule has 74 valence electrons. The summed E-state index contributed by atoms with van der Waals surface area (Å²) in [7, 11) is 0. The molecule has 0 saturated carbocycles. The van der Waals surface area contributed by atoms with Gasteiger partial charge in [-0.05, 0) is 0 Å². The Bertz CT molecular complexity index is 121. The highest BCUT2D eigenvalue weighted by atomic mass is 16.4. The van der Waals surface area contributed by atoms with Crippen LogP contribution in [0.15, 0.2) is 0 Å². The second kappa shape index (κ2) is 5.41. The zero-order valence-corrected chi connectivity index (χ0v) is 6.54. The molecule has 0 aromatic rings. The van der Waals surface area contributed by atoms with Gasteiger partial charge < -0.3 is 31.3 Å². The summed E-state index contributed by atoms with van der Waals surface area (Å²) in [4.78, 5) is 0. The summed E-state index contributed by atoms with van der Waals surface area (Å²) in [6, 6.07) is 0. The Balaban J connectivity index is 3.83. The van der Waals surface area contributed by atoms with Gasteiger partial charge in [0.15, 0.2) is 0 Å². The normalized spacial score (nSPS) is 21.5. The largest absolute Gasteiger partial charge is 0.394 e. The van der Waals surface area contributed by atoms with Crippen LogP contribution in [0.2, 0.25) is 0 Å². The molecule has 0 amide bonds. The minimum absolute atomic E-state index is 0.252. The molecule has 0 fully saturated rings. The van der Waals surface area contributed by atoms with E-state index in [0.717, 1.165) is 0 Å². The quantitative estimate of drug-likeness (QED) is 0.247. The molecule has 0 aliphatic heterocycles. The van der Waals surface area contributed by atoms with Crippen molar-refractivity contribution in [3.8, 4) is 0 Å². The van der Waals surface area contributed by atoms with Crippen molar-refractivity contribution in [2.24, 2.45) is 5.73 Å². The van der Waals surface area contributed by atoms with Gasteiger partial charge in [0.1, 0.15) is 18.4 Å². The van der Waals surface area contributed by atoms with Crippen molar-refractivity contribution in [1.82, 2.24) is 0 Å². The van der Waals surface area contributed by atoms with E-state index in [1.165, 1.54) is 0 Å². The van der Waals surface area contributed by atoms with Gasteiger partial charge in [0.05, 0.1) is 12.7 Å². The first-order valence-corrected chi connectivity index (χ1v) is 3.57. The van der Waals surface area contributed by atoms with Crippen LogP contribution in [0.1, 0.15) is 6.42 Å². The van der Waals surface area contributed by atoms with E-state index in [0.29, 0.717) is 0 Å². The van der Waals surface area contributed by atoms with Gasteiger partial charge >= 0.3 is 0 Å². The van der Waals surface area contributed by atoms with E-state index in [1.54, 1.807) is 0 Å². The number of aliphatic hydroxyl groups excluding tert-OH is 5. The molecule has 4 atom stereocenters. The number of nitrogens with two attached hydrogens (primary N) is 1. The van der Waals surface area contributed by atoms with E-state index in [4.69, 9.17) is 31.3 Å². The molecule has 7 N–H and O–H groups in total. The molecule has 0 heterocycles. The average Bonchev–Trinajstić information content (AvgIpc) is 2.00. The van der Waals surface area contributed by atoms with Gasteiger partial charge in [-0.2, -0.15) is 0 Å². The topological polar surface area (TPSA) is 127 Å². The van der Waals surface area contributed by atoms with E-state index in [9.17, 15) is 0 Å². The lowest BCUT2D eigenvalue weighted by Crippen LogP contribution is -2.42. The summed E-state index contributed by atoms with van der Waals surface area (Å²) in [6.07, 6.45) is -5.75. The maximum absolute atomic E-state index is 9.03. The summed E-state index contributed by atoms with van der Waals surface area (Å²) >= 11 is 0. The van der Waals surface area contributed by atoms with Gasteiger partial charge in [0.2, 0.25) is 0 Å². The Morgan fingerprint density at radius 1 is 1.00 bits per heavy atom. The van der Waals surface area contributed by atoms with E-state index in [2.05, 4.69) is 0 Å². The molecule has 0 aliphatic rings. The van der Waals surface area contributed by atoms with Crippen LogP contribution in [0.4, 0.5) is 0 Å². The molecule has 12 heavy (non-hydrogen) atoms.